The number of carbonyl (C=O) groups excluding carboxylic acids is 3. The van der Waals surface area contributed by atoms with Crippen molar-refractivity contribution >= 4 is 23.9 Å². The van der Waals surface area contributed by atoms with E-state index in [9.17, 15) is 19.5 Å². The molecule has 0 saturated carbocycles. The van der Waals surface area contributed by atoms with Crippen LogP contribution in [0.1, 0.15) is 29.8 Å². The lowest BCUT2D eigenvalue weighted by atomic mass is 10.0. The second-order valence-corrected chi connectivity index (χ2v) is 6.67. The van der Waals surface area contributed by atoms with E-state index < -0.39 is 29.7 Å². The molecule has 7 heteroatoms. The average molecular weight is 395 g/mol. The van der Waals surface area contributed by atoms with Gasteiger partial charge in [0.05, 0.1) is 19.1 Å². The van der Waals surface area contributed by atoms with Gasteiger partial charge < -0.3 is 25.3 Å². The van der Waals surface area contributed by atoms with Crippen molar-refractivity contribution < 1.29 is 24.2 Å². The van der Waals surface area contributed by atoms with Gasteiger partial charge in [0.2, 0.25) is 0 Å². The third-order valence-electron chi connectivity index (χ3n) is 4.16. The molecule has 0 spiro atoms. The zero-order valence-corrected chi connectivity index (χ0v) is 16.5. The van der Waals surface area contributed by atoms with Crippen LogP contribution in [0.15, 0.2) is 60.3 Å². The number of hydrogen-bond acceptors (Lipinski definition) is 5. The Morgan fingerprint density at radius 3 is 2.14 bits per heavy atom. The molecule has 0 bridgehead atoms. The van der Waals surface area contributed by atoms with Crippen LogP contribution >= 0.6 is 0 Å². The van der Waals surface area contributed by atoms with Gasteiger partial charge in [0.25, 0.3) is 11.8 Å². The molecule has 2 aromatic rings. The van der Waals surface area contributed by atoms with Crippen molar-refractivity contribution in [2.75, 3.05) is 7.11 Å². The van der Waals surface area contributed by atoms with E-state index in [0.717, 1.165) is 0 Å². The summed E-state index contributed by atoms with van der Waals surface area (Å²) in [5.41, 5.74) is 0.899. The largest absolute Gasteiger partial charge is 0.548 e. The van der Waals surface area contributed by atoms with Crippen LogP contribution in [0.3, 0.4) is 0 Å². The third-order valence-corrected chi connectivity index (χ3v) is 4.16. The number of nitrogens with one attached hydrogen (secondary N) is 2. The van der Waals surface area contributed by atoms with Gasteiger partial charge in [-0.2, -0.15) is 0 Å². The SMILES string of the molecule is COc1ccc(/C=C(/NC(=O)c2ccccc2)C(=O)N[C@@H](C(=O)[O-])C(C)C)cc1. The Morgan fingerprint density at radius 1 is 1.00 bits per heavy atom. The summed E-state index contributed by atoms with van der Waals surface area (Å²) in [6, 6.07) is 14.0. The number of aliphatic carboxylic acids is 1. The van der Waals surface area contributed by atoms with Crippen molar-refractivity contribution in [1.29, 1.82) is 0 Å². The maximum absolute atomic E-state index is 12.7. The van der Waals surface area contributed by atoms with Gasteiger partial charge in [-0.05, 0) is 41.8 Å². The molecule has 0 aromatic heterocycles. The number of carbonyl (C=O) groups is 3. The highest BCUT2D eigenvalue weighted by Gasteiger charge is 2.21. The first-order valence-corrected chi connectivity index (χ1v) is 9.05. The fourth-order valence-corrected chi connectivity index (χ4v) is 2.53. The minimum Gasteiger partial charge on any atom is -0.548 e. The lowest BCUT2D eigenvalue weighted by Gasteiger charge is -2.24. The molecule has 7 nitrogen and oxygen atoms in total. The molecule has 0 aliphatic heterocycles. The quantitative estimate of drug-likeness (QED) is 0.656. The molecule has 0 unspecified atom stereocenters. The fraction of sp³-hybridized carbons (Fsp3) is 0.227. The third kappa shape index (κ3) is 6.21. The van der Waals surface area contributed by atoms with Crippen LogP contribution in [0.2, 0.25) is 0 Å². The summed E-state index contributed by atoms with van der Waals surface area (Å²) >= 11 is 0. The van der Waals surface area contributed by atoms with E-state index in [2.05, 4.69) is 10.6 Å². The van der Waals surface area contributed by atoms with Crippen molar-refractivity contribution in [3.05, 3.63) is 71.4 Å². The van der Waals surface area contributed by atoms with Gasteiger partial charge >= 0.3 is 0 Å². The molecule has 0 aliphatic rings. The molecule has 0 heterocycles. The standard InChI is InChI=1S/C22H24N2O5/c1-14(2)19(22(27)28)24-21(26)18(13-15-9-11-17(29-3)12-10-15)23-20(25)16-7-5-4-6-8-16/h4-14,19H,1-3H3,(H,23,25)(H,24,26)(H,27,28)/p-1/b18-13+/t19-/m1/s1. The maximum Gasteiger partial charge on any atom is 0.268 e. The van der Waals surface area contributed by atoms with Gasteiger partial charge in [-0.1, -0.05) is 44.2 Å². The van der Waals surface area contributed by atoms with Crippen LogP contribution in [-0.4, -0.2) is 30.9 Å². The Labute approximate surface area is 169 Å². The van der Waals surface area contributed by atoms with E-state index in [1.165, 1.54) is 13.2 Å². The maximum atomic E-state index is 12.7. The molecule has 152 valence electrons. The van der Waals surface area contributed by atoms with Gasteiger partial charge in [0.15, 0.2) is 0 Å². The van der Waals surface area contributed by atoms with Gasteiger partial charge in [0, 0.05) is 5.56 Å². The van der Waals surface area contributed by atoms with E-state index in [-0.39, 0.29) is 5.70 Å². The Balaban J connectivity index is 2.33. The summed E-state index contributed by atoms with van der Waals surface area (Å²) < 4.78 is 5.11. The Kier molecular flexibility index (Phi) is 7.54. The van der Waals surface area contributed by atoms with Crippen molar-refractivity contribution in [3.8, 4) is 5.75 Å². The summed E-state index contributed by atoms with van der Waals surface area (Å²) in [4.78, 5) is 36.6. The average Bonchev–Trinajstić information content (AvgIpc) is 2.71. The first kappa shape index (κ1) is 21.7. The zero-order chi connectivity index (χ0) is 21.4. The zero-order valence-electron chi connectivity index (χ0n) is 16.5. The molecule has 29 heavy (non-hydrogen) atoms. The van der Waals surface area contributed by atoms with E-state index in [1.807, 2.05) is 0 Å². The van der Waals surface area contributed by atoms with Gasteiger partial charge in [0.1, 0.15) is 11.4 Å². The van der Waals surface area contributed by atoms with Crippen LogP contribution in [-0.2, 0) is 9.59 Å². The fourth-order valence-electron chi connectivity index (χ4n) is 2.53. The van der Waals surface area contributed by atoms with Crippen molar-refractivity contribution in [2.45, 2.75) is 19.9 Å². The van der Waals surface area contributed by atoms with E-state index >= 15 is 0 Å². The van der Waals surface area contributed by atoms with Crippen LogP contribution in [0.5, 0.6) is 5.75 Å². The normalized spacial score (nSPS) is 12.2. The van der Waals surface area contributed by atoms with Crippen molar-refractivity contribution in [3.63, 3.8) is 0 Å². The molecule has 2 aromatic carbocycles. The molecule has 0 radical (unpaired) electrons. The van der Waals surface area contributed by atoms with Crippen molar-refractivity contribution in [2.24, 2.45) is 5.92 Å². The van der Waals surface area contributed by atoms with Crippen LogP contribution in [0.25, 0.3) is 6.08 Å². The molecule has 0 aliphatic carbocycles. The van der Waals surface area contributed by atoms with Gasteiger partial charge in [-0.3, -0.25) is 9.59 Å². The van der Waals surface area contributed by atoms with Crippen LogP contribution in [0.4, 0.5) is 0 Å². The number of ether oxygens (including phenoxy) is 1. The lowest BCUT2D eigenvalue weighted by Crippen LogP contribution is -2.52. The predicted molar refractivity (Wildman–Crippen MR) is 107 cm³/mol. The van der Waals surface area contributed by atoms with Gasteiger partial charge in [-0.25, -0.2) is 0 Å². The number of rotatable bonds is 8. The second kappa shape index (κ2) is 10.1. The number of hydrogen-bond donors (Lipinski definition) is 2. The minimum absolute atomic E-state index is 0.0871. The van der Waals surface area contributed by atoms with Crippen LogP contribution in [0, 0.1) is 5.92 Å². The van der Waals surface area contributed by atoms with E-state index in [0.29, 0.717) is 16.9 Å². The molecule has 1 atom stereocenters. The Hall–Kier alpha value is -3.61. The summed E-state index contributed by atoms with van der Waals surface area (Å²) in [5.74, 6) is -2.37. The van der Waals surface area contributed by atoms with Crippen LogP contribution < -0.4 is 20.5 Å². The predicted octanol–water partition coefficient (Wildman–Crippen LogP) is 1.36. The second-order valence-electron chi connectivity index (χ2n) is 6.67. The smallest absolute Gasteiger partial charge is 0.268 e. The van der Waals surface area contributed by atoms with Gasteiger partial charge in [-0.15, -0.1) is 0 Å². The highest BCUT2D eigenvalue weighted by atomic mass is 16.5. The monoisotopic (exact) mass is 395 g/mol. The summed E-state index contributed by atoms with van der Waals surface area (Å²) in [6.45, 7) is 3.30. The number of carboxylic acids is 1. The van der Waals surface area contributed by atoms with E-state index in [4.69, 9.17) is 4.74 Å². The summed E-state index contributed by atoms with van der Waals surface area (Å²) in [7, 11) is 1.54. The number of benzene rings is 2. The van der Waals surface area contributed by atoms with E-state index in [1.54, 1.807) is 68.4 Å². The highest BCUT2D eigenvalue weighted by Crippen LogP contribution is 2.14. The Bertz CT molecular complexity index is 889. The minimum atomic E-state index is -1.40. The molecule has 2 amide bonds. The molecule has 0 saturated heterocycles. The Morgan fingerprint density at radius 2 is 1.62 bits per heavy atom. The first-order chi connectivity index (χ1) is 13.8. The molecular weight excluding hydrogens is 372 g/mol. The summed E-state index contributed by atoms with van der Waals surface area (Å²) in [6.07, 6.45) is 1.46. The lowest BCUT2D eigenvalue weighted by molar-refractivity contribution is -0.309. The first-order valence-electron chi connectivity index (χ1n) is 9.05. The highest BCUT2D eigenvalue weighted by molar-refractivity contribution is 6.06. The molecule has 2 rings (SSSR count). The number of amides is 2. The molecule has 0 fully saturated rings. The topological polar surface area (TPSA) is 108 Å². The number of methoxy groups -OCH3 is 1. The summed E-state index contributed by atoms with van der Waals surface area (Å²) in [5, 5.41) is 16.3. The molecule has 2 N–H and O–H groups in total. The van der Waals surface area contributed by atoms with Crippen molar-refractivity contribution in [1.82, 2.24) is 10.6 Å². The number of carboxylic acid groups (broad SMARTS) is 1. The molecular formula is C22H23N2O5-.